The fourth-order valence-electron chi connectivity index (χ4n) is 1.91. The van der Waals surface area contributed by atoms with Gasteiger partial charge in [-0.3, -0.25) is 0 Å². The molecule has 0 amide bonds. The van der Waals surface area contributed by atoms with Crippen LogP contribution in [-0.2, 0) is 0 Å². The lowest BCUT2D eigenvalue weighted by atomic mass is 10.0. The molecule has 0 fully saturated rings. The molecule has 82 valence electrons. The highest BCUT2D eigenvalue weighted by Gasteiger charge is 2.15. The molecule has 3 rings (SSSR count). The Kier molecular flexibility index (Phi) is 2.05. The molecule has 0 aliphatic heterocycles. The highest BCUT2D eigenvalue weighted by atomic mass is 15.5. The Labute approximate surface area is 92.2 Å². The second-order valence-electron chi connectivity index (χ2n) is 3.88. The Hall–Kier alpha value is -1.98. The summed E-state index contributed by atoms with van der Waals surface area (Å²) in [4.78, 5) is 9.63. The lowest BCUT2D eigenvalue weighted by Crippen LogP contribution is -2.12. The van der Waals surface area contributed by atoms with E-state index in [2.05, 4.69) is 32.3 Å². The normalized spacial score (nSPS) is 20.4. The van der Waals surface area contributed by atoms with Crippen LogP contribution in [0.5, 0.6) is 0 Å². The van der Waals surface area contributed by atoms with Crippen LogP contribution in [0.25, 0.3) is 11.2 Å². The predicted molar refractivity (Wildman–Crippen MR) is 59.6 cm³/mol. The molecule has 1 aliphatic carbocycles. The van der Waals surface area contributed by atoms with Crippen molar-refractivity contribution >= 4 is 17.0 Å². The molecule has 2 aromatic heterocycles. The topological polar surface area (TPSA) is 82.5 Å². The zero-order valence-electron chi connectivity index (χ0n) is 8.74. The molecule has 0 radical (unpaired) electrons. The number of hydrogen-bond donors (Lipinski definition) is 1. The van der Waals surface area contributed by atoms with Gasteiger partial charge in [0.2, 0.25) is 5.65 Å². The Balaban J connectivity index is 2.08. The highest BCUT2D eigenvalue weighted by Crippen LogP contribution is 2.22. The van der Waals surface area contributed by atoms with Gasteiger partial charge in [0.15, 0.2) is 11.3 Å². The van der Waals surface area contributed by atoms with Crippen molar-refractivity contribution in [1.82, 2.24) is 25.0 Å². The quantitative estimate of drug-likeness (QED) is 0.721. The minimum atomic E-state index is 0.224. The van der Waals surface area contributed by atoms with Crippen molar-refractivity contribution in [3.63, 3.8) is 0 Å². The number of nitrogens with zero attached hydrogens (tertiary/aromatic N) is 5. The minimum absolute atomic E-state index is 0.224. The third-order valence-corrected chi connectivity index (χ3v) is 2.76. The smallest absolute Gasteiger partial charge is 0.207 e. The van der Waals surface area contributed by atoms with Crippen LogP contribution in [0.4, 0.5) is 5.82 Å². The molecular weight excluding hydrogens is 204 g/mol. The molecule has 0 saturated carbocycles. The van der Waals surface area contributed by atoms with Gasteiger partial charge < -0.3 is 5.73 Å². The molecule has 6 heteroatoms. The number of nitrogens with two attached hydrogens (primary N) is 1. The number of anilines is 1. The van der Waals surface area contributed by atoms with Crippen LogP contribution in [0.1, 0.15) is 25.3 Å². The number of allylic oxidation sites excluding steroid dienone is 2. The zero-order chi connectivity index (χ0) is 11.0. The molecule has 1 atom stereocenters. The van der Waals surface area contributed by atoms with Gasteiger partial charge in [-0.1, -0.05) is 12.2 Å². The average Bonchev–Trinajstić information content (AvgIpc) is 2.76. The molecule has 2 aromatic rings. The second-order valence-corrected chi connectivity index (χ2v) is 3.88. The molecule has 2 heterocycles. The summed E-state index contributed by atoms with van der Waals surface area (Å²) < 4.78 is 0. The Bertz CT molecular complexity index is 543. The molecule has 0 bridgehead atoms. The van der Waals surface area contributed by atoms with Crippen molar-refractivity contribution in [2.24, 2.45) is 0 Å². The van der Waals surface area contributed by atoms with Gasteiger partial charge in [-0.05, 0) is 19.3 Å². The maximum atomic E-state index is 5.71. The average molecular weight is 216 g/mol. The van der Waals surface area contributed by atoms with Crippen LogP contribution >= 0.6 is 0 Å². The molecule has 16 heavy (non-hydrogen) atoms. The van der Waals surface area contributed by atoms with Gasteiger partial charge in [0.05, 0.1) is 6.04 Å². The van der Waals surface area contributed by atoms with Crippen molar-refractivity contribution in [3.8, 4) is 0 Å². The van der Waals surface area contributed by atoms with E-state index in [1.165, 1.54) is 12.7 Å². The first-order valence-electron chi connectivity index (χ1n) is 5.34. The fourth-order valence-corrected chi connectivity index (χ4v) is 1.91. The lowest BCUT2D eigenvalue weighted by molar-refractivity contribution is 0.430. The summed E-state index contributed by atoms with van der Waals surface area (Å²) in [5, 5.41) is 8.66. The van der Waals surface area contributed by atoms with E-state index < -0.39 is 0 Å². The third-order valence-electron chi connectivity index (χ3n) is 2.76. The first-order valence-corrected chi connectivity index (χ1v) is 5.34. The number of nitrogen functional groups attached to an aromatic ring is 1. The highest BCUT2D eigenvalue weighted by molar-refractivity contribution is 5.79. The van der Waals surface area contributed by atoms with Crippen molar-refractivity contribution in [1.29, 1.82) is 0 Å². The summed E-state index contributed by atoms with van der Waals surface area (Å²) in [6.45, 7) is 0. The Morgan fingerprint density at radius 1 is 1.31 bits per heavy atom. The monoisotopic (exact) mass is 216 g/mol. The van der Waals surface area contributed by atoms with E-state index in [-0.39, 0.29) is 6.04 Å². The summed E-state index contributed by atoms with van der Waals surface area (Å²) in [5.74, 6) is 0.385. The number of hydrogen-bond acceptors (Lipinski definition) is 5. The van der Waals surface area contributed by atoms with E-state index in [0.29, 0.717) is 17.0 Å². The largest absolute Gasteiger partial charge is 0.382 e. The molecule has 0 saturated heterocycles. The molecule has 2 N–H and O–H groups in total. The minimum Gasteiger partial charge on any atom is -0.382 e. The standard InChI is InChI=1S/C10H12N6/c11-9-8-10(13-6-12-9)15-16(14-8)7-4-2-1-3-5-7/h2,4,6-7H,1,3,5H2,(H2,11,12,13,15). The van der Waals surface area contributed by atoms with Crippen molar-refractivity contribution < 1.29 is 0 Å². The van der Waals surface area contributed by atoms with E-state index in [0.717, 1.165) is 12.8 Å². The van der Waals surface area contributed by atoms with Gasteiger partial charge in [-0.15, -0.1) is 10.2 Å². The number of rotatable bonds is 1. The van der Waals surface area contributed by atoms with Crippen LogP contribution in [0.2, 0.25) is 0 Å². The van der Waals surface area contributed by atoms with Gasteiger partial charge in [-0.2, -0.15) is 4.80 Å². The van der Waals surface area contributed by atoms with E-state index in [9.17, 15) is 0 Å². The molecule has 0 aromatic carbocycles. The van der Waals surface area contributed by atoms with Crippen molar-refractivity contribution in [2.45, 2.75) is 25.3 Å². The van der Waals surface area contributed by atoms with E-state index in [1.807, 2.05) is 0 Å². The maximum Gasteiger partial charge on any atom is 0.207 e. The van der Waals surface area contributed by atoms with Crippen LogP contribution in [0, 0.1) is 0 Å². The number of aromatic nitrogens is 5. The maximum absolute atomic E-state index is 5.71. The SMILES string of the molecule is Nc1ncnc2nn(C3C=CCCC3)nc12. The summed E-state index contributed by atoms with van der Waals surface area (Å²) in [5.41, 5.74) is 6.86. The van der Waals surface area contributed by atoms with Gasteiger partial charge in [0.1, 0.15) is 6.33 Å². The Morgan fingerprint density at radius 3 is 3.00 bits per heavy atom. The van der Waals surface area contributed by atoms with E-state index in [1.54, 1.807) is 4.80 Å². The molecule has 1 unspecified atom stereocenters. The summed E-state index contributed by atoms with van der Waals surface area (Å²) in [6, 6.07) is 0.224. The molecule has 6 nitrogen and oxygen atoms in total. The summed E-state index contributed by atoms with van der Waals surface area (Å²) in [7, 11) is 0. The molecule has 0 spiro atoms. The first kappa shape index (κ1) is 9.26. The van der Waals surface area contributed by atoms with Gasteiger partial charge in [-0.25, -0.2) is 9.97 Å². The fraction of sp³-hybridized carbons (Fsp3) is 0.400. The molecular formula is C10H12N6. The van der Waals surface area contributed by atoms with Crippen molar-refractivity contribution in [2.75, 3.05) is 5.73 Å². The van der Waals surface area contributed by atoms with Crippen LogP contribution in [-0.4, -0.2) is 25.0 Å². The van der Waals surface area contributed by atoms with Gasteiger partial charge >= 0.3 is 0 Å². The van der Waals surface area contributed by atoms with Crippen LogP contribution < -0.4 is 5.73 Å². The predicted octanol–water partition coefficient (Wildman–Crippen LogP) is 1.08. The number of fused-ring (bicyclic) bond motifs is 1. The summed E-state index contributed by atoms with van der Waals surface area (Å²) >= 11 is 0. The second kappa shape index (κ2) is 3.55. The van der Waals surface area contributed by atoms with Crippen LogP contribution in [0.15, 0.2) is 18.5 Å². The zero-order valence-corrected chi connectivity index (χ0v) is 8.74. The van der Waals surface area contributed by atoms with E-state index in [4.69, 9.17) is 5.73 Å². The first-order chi connectivity index (χ1) is 7.84. The lowest BCUT2D eigenvalue weighted by Gasteiger charge is -2.14. The van der Waals surface area contributed by atoms with Gasteiger partial charge in [0.25, 0.3) is 0 Å². The third kappa shape index (κ3) is 1.42. The van der Waals surface area contributed by atoms with Gasteiger partial charge in [0, 0.05) is 0 Å². The van der Waals surface area contributed by atoms with Crippen LogP contribution in [0.3, 0.4) is 0 Å². The molecule has 1 aliphatic rings. The van der Waals surface area contributed by atoms with Crippen molar-refractivity contribution in [3.05, 3.63) is 18.5 Å². The van der Waals surface area contributed by atoms with E-state index >= 15 is 0 Å². The summed E-state index contributed by atoms with van der Waals surface area (Å²) in [6.07, 6.45) is 9.07. The Morgan fingerprint density at radius 2 is 2.25 bits per heavy atom.